The predicted molar refractivity (Wildman–Crippen MR) is 288 cm³/mol. The van der Waals surface area contributed by atoms with E-state index in [1.807, 2.05) is 0 Å². The summed E-state index contributed by atoms with van der Waals surface area (Å²) in [6.07, 6.45) is -0.687. The lowest BCUT2D eigenvalue weighted by atomic mass is 9.73. The molecular weight excluding hydrogens is 837 g/mol. The Kier molecular flexibility index (Phi) is 4.28. The number of nitrogens with zero attached hydrogens (tertiary/aromatic N) is 2. The maximum Gasteiger partial charge on any atom is 0.143 e. The first-order valence-corrected chi connectivity index (χ1v) is 21.1. The van der Waals surface area contributed by atoms with Gasteiger partial charge in [-0.25, -0.2) is 4.98 Å². The van der Waals surface area contributed by atoms with Gasteiger partial charge in [0.05, 0.1) is 62.0 Å². The molecule has 0 aliphatic heterocycles. The topological polar surface area (TPSA) is 38.9 Å². The average molecular weight is 912 g/mol. The maximum atomic E-state index is 10.5. The van der Waals surface area contributed by atoms with Crippen LogP contribution < -0.4 is 0 Å². The Labute approximate surface area is 445 Å². The maximum absolute atomic E-state index is 10.5. The van der Waals surface area contributed by atoms with Gasteiger partial charge < -0.3 is 4.42 Å². The summed E-state index contributed by atoms with van der Waals surface area (Å²) in [6.45, 7) is 0. The van der Waals surface area contributed by atoms with Gasteiger partial charge in [-0.15, -0.1) is 0 Å². The summed E-state index contributed by atoms with van der Waals surface area (Å²) >= 11 is 0. The van der Waals surface area contributed by atoms with Crippen molar-refractivity contribution >= 4 is 64.9 Å². The van der Waals surface area contributed by atoms with Gasteiger partial charge in [0.15, 0.2) is 0 Å². The Morgan fingerprint density at radius 2 is 1.07 bits per heavy atom. The van der Waals surface area contributed by atoms with E-state index in [-0.39, 0.29) is 49.4 Å². The van der Waals surface area contributed by atoms with Gasteiger partial charge in [-0.05, 0) is 83.5 Å². The molecule has 9 aromatic carbocycles. The lowest BCUT2D eigenvalue weighted by molar-refractivity contribution is 0.586. The minimum atomic E-state index is -2.31. The lowest BCUT2D eigenvalue weighted by Gasteiger charge is -2.29. The fourth-order valence-corrected chi connectivity index (χ4v) is 9.09. The van der Waals surface area contributed by atoms with Crippen LogP contribution >= 0.6 is 0 Å². The average Bonchev–Trinajstić information content (AvgIpc) is 1.41. The normalized spacial score (nSPS) is 23.2. The van der Waals surface area contributed by atoms with E-state index in [9.17, 15) is 28.8 Å². The summed E-state index contributed by atoms with van der Waals surface area (Å²) in [5, 5.41) is -4.40. The zero-order valence-corrected chi connectivity index (χ0v) is 35.0. The monoisotopic (exact) mass is 912 g/mol. The molecule has 2 atom stereocenters. The minimum Gasteiger partial charge on any atom is -0.455 e. The number of furan rings is 1. The van der Waals surface area contributed by atoms with Gasteiger partial charge in [0.2, 0.25) is 0 Å². The number of rotatable bonds is 6. The summed E-state index contributed by atoms with van der Waals surface area (Å²) < 4.78 is 314. The van der Waals surface area contributed by atoms with Crippen molar-refractivity contribution in [1.29, 1.82) is 0 Å². The van der Waals surface area contributed by atoms with Crippen molar-refractivity contribution in [3.05, 3.63) is 253 Å². The number of benzene rings is 9. The van der Waals surface area contributed by atoms with E-state index in [4.69, 9.17) is 25.9 Å². The molecule has 3 heterocycles. The third kappa shape index (κ3) is 6.28. The summed E-state index contributed by atoms with van der Waals surface area (Å²) in [5.74, 6) is -6.41. The lowest BCUT2D eigenvalue weighted by Crippen LogP contribution is -2.15. The van der Waals surface area contributed by atoms with Crippen LogP contribution in [0.25, 0.3) is 121 Å². The Balaban J connectivity index is 1.20. The molecule has 0 saturated carbocycles. The van der Waals surface area contributed by atoms with Gasteiger partial charge in [0.1, 0.15) is 11.5 Å². The molecule has 69 heavy (non-hydrogen) atoms. The van der Waals surface area contributed by atoms with Crippen molar-refractivity contribution in [3.63, 3.8) is 0 Å². The third-order valence-corrected chi connectivity index (χ3v) is 12.1. The number of hydrogen-bond acceptors (Lipinski definition) is 3. The highest BCUT2D eigenvalue weighted by Crippen LogP contribution is 2.54. The zero-order valence-electron chi connectivity index (χ0n) is 68.0. The highest BCUT2D eigenvalue weighted by molar-refractivity contribution is 6.14. The third-order valence-electron chi connectivity index (χ3n) is 12.1. The Morgan fingerprint density at radius 3 is 1.94 bits per heavy atom. The molecule has 0 bridgehead atoms. The highest BCUT2D eigenvalue weighted by Gasteiger charge is 2.35. The molecular formula is C66H42N2O. The van der Waals surface area contributed by atoms with Crippen molar-refractivity contribution in [3.8, 4) is 56.2 Å². The molecule has 2 aliphatic rings. The van der Waals surface area contributed by atoms with Crippen LogP contribution in [0.5, 0.6) is 0 Å². The standard InChI is InChI=1S/C66H42N2O/c1-4-22-46-41(15-1)18-11-29-56(46)61-62(57-30-12-19-42-16-2-5-23-47(42)57)66(69-65(61)58-31-13-20-43-17-3-6-24-48(43)58)59-38-36-54(50-26-8-10-28-52(50)59)53-35-37-55(51-27-9-7-25-49(51)53)60-39-34-45-33-32-44-21-14-40-67-63(44)64(45)68-60/h1-40,47,57H/i1D,2D,3D,4D,5D,6D,8D,10D,11D,12D,13D,14D,15D,16D,17D,18D,19D,21D,22D,23D,24D,26D,28D,29D,30D,31D,32D,33D,34D,36D,38D,39D,40D. The summed E-state index contributed by atoms with van der Waals surface area (Å²) in [5.41, 5.74) is -6.24. The molecule has 0 saturated heterocycles. The fraction of sp³-hybridized carbons (Fsp3) is 0.0303. The Bertz CT molecular complexity index is 6180. The molecule has 0 amide bonds. The number of aromatic nitrogens is 2. The van der Waals surface area contributed by atoms with Crippen LogP contribution in [-0.4, -0.2) is 9.97 Å². The van der Waals surface area contributed by atoms with E-state index in [0.29, 0.717) is 0 Å². The molecule has 12 aromatic rings. The minimum absolute atomic E-state index is 0.0668. The van der Waals surface area contributed by atoms with Gasteiger partial charge in [-0.1, -0.05) is 218 Å². The fourth-order valence-electron chi connectivity index (χ4n) is 9.09. The van der Waals surface area contributed by atoms with Crippen LogP contribution in [0.3, 0.4) is 0 Å². The molecule has 3 nitrogen and oxygen atoms in total. The van der Waals surface area contributed by atoms with Crippen molar-refractivity contribution in [2.45, 2.75) is 5.92 Å². The molecule has 0 N–H and O–H groups in total. The van der Waals surface area contributed by atoms with Crippen molar-refractivity contribution in [2.24, 2.45) is 5.92 Å². The van der Waals surface area contributed by atoms with E-state index in [1.165, 1.54) is 30.3 Å². The number of fused-ring (bicyclic) bond motifs is 8. The van der Waals surface area contributed by atoms with E-state index < -0.39 is 294 Å². The Morgan fingerprint density at radius 1 is 0.420 bits per heavy atom. The molecule has 2 unspecified atom stereocenters. The number of allylic oxidation sites excluding steroid dienone is 8. The first-order valence-electron chi connectivity index (χ1n) is 37.6. The molecule has 14 rings (SSSR count). The van der Waals surface area contributed by atoms with Gasteiger partial charge in [0, 0.05) is 56.6 Å². The van der Waals surface area contributed by atoms with Crippen molar-refractivity contribution in [1.82, 2.24) is 9.97 Å². The first-order chi connectivity index (χ1) is 48.0. The largest absolute Gasteiger partial charge is 0.455 e. The molecule has 0 fully saturated rings. The summed E-state index contributed by atoms with van der Waals surface area (Å²) in [4.78, 5) is 8.88. The van der Waals surface area contributed by atoms with Crippen LogP contribution in [0.15, 0.2) is 252 Å². The molecule has 3 heteroatoms. The van der Waals surface area contributed by atoms with Crippen LogP contribution in [-0.2, 0) is 0 Å². The van der Waals surface area contributed by atoms with Gasteiger partial charge in [-0.3, -0.25) is 4.98 Å². The summed E-state index contributed by atoms with van der Waals surface area (Å²) in [7, 11) is 0. The second-order valence-corrected chi connectivity index (χ2v) is 15.7. The molecule has 0 spiro atoms. The van der Waals surface area contributed by atoms with Crippen LogP contribution in [0.4, 0.5) is 0 Å². The molecule has 0 radical (unpaired) electrons. The molecule has 3 aromatic heterocycles. The predicted octanol–water partition coefficient (Wildman–Crippen LogP) is 17.6. The van der Waals surface area contributed by atoms with Crippen LogP contribution in [0.2, 0.25) is 0 Å². The number of hydrogen-bond donors (Lipinski definition) is 0. The van der Waals surface area contributed by atoms with E-state index >= 15 is 0 Å². The molecule has 322 valence electrons. The SMILES string of the molecule is [2H]C1=C([2H])C2=C([2H])C([2H])=C([2H])C(c3c(-c4c([2H])c([2H])c(-c5ccc(-c6nc7c(c([2H])c6[2H])c([2H])c([2H])c6c([2H])c([2H])c([2H])nc67)c6ccccc56)c5c([2H])c([2H])c([2H])c([2H])c45)oc(-c4c([2H])c([2H])cc5c([2H])c([2H])c([2H])c([2H])c45)c3-c3c([2H])c([2H])c([2H])c4c([2H])c([2H])c([2H])c([2H])c34)C2C([2H])=C1[2H]. The second-order valence-electron chi connectivity index (χ2n) is 15.7. The van der Waals surface area contributed by atoms with E-state index in [1.54, 1.807) is 6.07 Å². The van der Waals surface area contributed by atoms with Gasteiger partial charge >= 0.3 is 0 Å². The van der Waals surface area contributed by atoms with Crippen LogP contribution in [0, 0.1) is 5.92 Å². The van der Waals surface area contributed by atoms with Gasteiger partial charge in [-0.2, -0.15) is 0 Å². The highest BCUT2D eigenvalue weighted by atomic mass is 16.3. The smallest absolute Gasteiger partial charge is 0.143 e. The van der Waals surface area contributed by atoms with Gasteiger partial charge in [0.25, 0.3) is 0 Å². The van der Waals surface area contributed by atoms with E-state index in [2.05, 4.69) is 4.98 Å². The summed E-state index contributed by atoms with van der Waals surface area (Å²) in [6, 6.07) is -19.2. The quantitative estimate of drug-likeness (QED) is 0.156. The molecule has 2 aliphatic carbocycles. The Hall–Kier alpha value is -8.92. The first kappa shape index (κ1) is 18.6. The van der Waals surface area contributed by atoms with Crippen LogP contribution in [0.1, 0.15) is 56.7 Å². The van der Waals surface area contributed by atoms with E-state index in [0.717, 1.165) is 6.07 Å². The second kappa shape index (κ2) is 15.9. The number of pyridine rings is 2. The zero-order chi connectivity index (χ0) is 74.1. The van der Waals surface area contributed by atoms with Crippen molar-refractivity contribution in [2.75, 3.05) is 0 Å². The van der Waals surface area contributed by atoms with Crippen molar-refractivity contribution < 1.29 is 49.7 Å².